The zero-order chi connectivity index (χ0) is 19.3. The zero-order valence-corrected chi connectivity index (χ0v) is 14.9. The highest BCUT2D eigenvalue weighted by molar-refractivity contribution is 6.27. The van der Waals surface area contributed by atoms with Crippen molar-refractivity contribution >= 4 is 22.5 Å². The summed E-state index contributed by atoms with van der Waals surface area (Å²) in [7, 11) is 0. The third-order valence-electron chi connectivity index (χ3n) is 5.54. The average Bonchev–Trinajstić information content (AvgIpc) is 3.25. The Morgan fingerprint density at radius 3 is 2.07 bits per heavy atom. The summed E-state index contributed by atoms with van der Waals surface area (Å²) in [5.74, 6) is -2.07. The summed E-state index contributed by atoms with van der Waals surface area (Å²) >= 11 is 0. The van der Waals surface area contributed by atoms with E-state index < -0.39 is 11.8 Å². The van der Waals surface area contributed by atoms with Crippen molar-refractivity contribution in [3.8, 4) is 0 Å². The van der Waals surface area contributed by atoms with Crippen LogP contribution in [0.15, 0.2) is 79.0 Å². The van der Waals surface area contributed by atoms with Crippen LogP contribution in [-0.4, -0.2) is 16.6 Å². The molecule has 0 spiro atoms. The Bertz CT molecular complexity index is 1190. The number of nitrogens with one attached hydrogen (secondary N) is 1. The molecular formula is C24H16FNO2. The lowest BCUT2D eigenvalue weighted by Crippen LogP contribution is -2.24. The van der Waals surface area contributed by atoms with Gasteiger partial charge in [0.05, 0.1) is 5.92 Å². The lowest BCUT2D eigenvalue weighted by Gasteiger charge is -2.22. The first kappa shape index (κ1) is 16.6. The maximum absolute atomic E-state index is 13.6. The van der Waals surface area contributed by atoms with Crippen LogP contribution in [-0.2, 0) is 0 Å². The molecule has 136 valence electrons. The van der Waals surface area contributed by atoms with Crippen molar-refractivity contribution in [3.05, 3.63) is 107 Å². The molecule has 1 atom stereocenters. The monoisotopic (exact) mass is 369 g/mol. The Morgan fingerprint density at radius 1 is 0.786 bits per heavy atom. The fraction of sp³-hybridized carbons (Fsp3) is 0.0833. The molecule has 0 fully saturated rings. The number of hydrogen-bond acceptors (Lipinski definition) is 2. The Balaban J connectivity index is 1.73. The van der Waals surface area contributed by atoms with E-state index in [1.54, 1.807) is 36.4 Å². The number of para-hydroxylation sites is 1. The SMILES string of the molecule is O=C1c2ccccc2C(=O)C1C(c1ccc(F)cc1)c1c[nH]c2ccccc12. The van der Waals surface area contributed by atoms with Gasteiger partial charge in [-0.2, -0.15) is 0 Å². The molecule has 28 heavy (non-hydrogen) atoms. The van der Waals surface area contributed by atoms with Crippen LogP contribution in [0.5, 0.6) is 0 Å². The largest absolute Gasteiger partial charge is 0.361 e. The van der Waals surface area contributed by atoms with Crippen LogP contribution >= 0.6 is 0 Å². The predicted octanol–water partition coefficient (Wildman–Crippen LogP) is 5.13. The van der Waals surface area contributed by atoms with Crippen LogP contribution in [0.2, 0.25) is 0 Å². The molecule has 1 N–H and O–H groups in total. The number of Topliss-reactive ketones (excluding diaryl/α,β-unsaturated/α-hetero) is 2. The number of hydrogen-bond donors (Lipinski definition) is 1. The maximum Gasteiger partial charge on any atom is 0.175 e. The number of aromatic amines is 1. The quantitative estimate of drug-likeness (QED) is 0.509. The number of fused-ring (bicyclic) bond motifs is 2. The minimum absolute atomic E-state index is 0.180. The fourth-order valence-electron chi connectivity index (χ4n) is 4.24. The number of carbonyl (C=O) groups is 2. The van der Waals surface area contributed by atoms with Gasteiger partial charge in [0.15, 0.2) is 11.6 Å². The molecule has 3 aromatic carbocycles. The fourth-order valence-corrected chi connectivity index (χ4v) is 4.24. The van der Waals surface area contributed by atoms with Gasteiger partial charge >= 0.3 is 0 Å². The number of aromatic nitrogens is 1. The molecule has 4 heteroatoms. The summed E-state index contributed by atoms with van der Waals surface area (Å²) in [6, 6.07) is 20.8. The third-order valence-corrected chi connectivity index (χ3v) is 5.54. The lowest BCUT2D eigenvalue weighted by atomic mass is 9.78. The van der Waals surface area contributed by atoms with Gasteiger partial charge in [-0.05, 0) is 29.3 Å². The first-order valence-electron chi connectivity index (χ1n) is 9.14. The second-order valence-electron chi connectivity index (χ2n) is 7.07. The van der Waals surface area contributed by atoms with Crippen LogP contribution in [0.1, 0.15) is 37.8 Å². The van der Waals surface area contributed by atoms with E-state index in [0.29, 0.717) is 11.1 Å². The molecule has 5 rings (SSSR count). The molecule has 1 aliphatic rings. The van der Waals surface area contributed by atoms with Crippen LogP contribution in [0.25, 0.3) is 10.9 Å². The summed E-state index contributed by atoms with van der Waals surface area (Å²) in [6.45, 7) is 0. The number of ketones is 2. The summed E-state index contributed by atoms with van der Waals surface area (Å²) in [4.78, 5) is 29.7. The Labute approximate surface area is 160 Å². The molecule has 0 amide bonds. The van der Waals surface area contributed by atoms with Gasteiger partial charge in [-0.1, -0.05) is 54.6 Å². The second kappa shape index (κ2) is 6.27. The van der Waals surface area contributed by atoms with E-state index in [4.69, 9.17) is 0 Å². The van der Waals surface area contributed by atoms with Gasteiger partial charge in [-0.3, -0.25) is 9.59 Å². The van der Waals surface area contributed by atoms with Crippen LogP contribution in [0.4, 0.5) is 4.39 Å². The maximum atomic E-state index is 13.6. The molecule has 0 saturated heterocycles. The van der Waals surface area contributed by atoms with Gasteiger partial charge in [0.2, 0.25) is 0 Å². The topological polar surface area (TPSA) is 49.9 Å². The highest BCUT2D eigenvalue weighted by atomic mass is 19.1. The molecule has 0 saturated carbocycles. The predicted molar refractivity (Wildman–Crippen MR) is 105 cm³/mol. The molecule has 1 aromatic heterocycles. The van der Waals surface area contributed by atoms with E-state index in [9.17, 15) is 14.0 Å². The van der Waals surface area contributed by atoms with Crippen molar-refractivity contribution in [2.75, 3.05) is 0 Å². The molecule has 0 radical (unpaired) electrons. The summed E-state index contributed by atoms with van der Waals surface area (Å²) < 4.78 is 13.6. The number of H-pyrrole nitrogens is 1. The smallest absolute Gasteiger partial charge is 0.175 e. The van der Waals surface area contributed by atoms with Gasteiger partial charge in [-0.25, -0.2) is 4.39 Å². The first-order chi connectivity index (χ1) is 13.6. The van der Waals surface area contributed by atoms with Crippen molar-refractivity contribution in [2.45, 2.75) is 5.92 Å². The van der Waals surface area contributed by atoms with Gasteiger partial charge in [0.1, 0.15) is 5.82 Å². The molecule has 4 aromatic rings. The number of carbonyl (C=O) groups excluding carboxylic acids is 2. The van der Waals surface area contributed by atoms with Crippen molar-refractivity contribution in [3.63, 3.8) is 0 Å². The highest BCUT2D eigenvalue weighted by Crippen LogP contribution is 2.42. The Hall–Kier alpha value is -3.53. The van der Waals surface area contributed by atoms with Crippen molar-refractivity contribution < 1.29 is 14.0 Å². The van der Waals surface area contributed by atoms with E-state index in [2.05, 4.69) is 4.98 Å². The van der Waals surface area contributed by atoms with Gasteiger partial charge in [-0.15, -0.1) is 0 Å². The van der Waals surface area contributed by atoms with Crippen LogP contribution in [0, 0.1) is 11.7 Å². The molecule has 0 aliphatic heterocycles. The zero-order valence-electron chi connectivity index (χ0n) is 14.9. The third kappa shape index (κ3) is 2.42. The molecule has 1 aliphatic carbocycles. The van der Waals surface area contributed by atoms with E-state index in [1.807, 2.05) is 30.5 Å². The van der Waals surface area contributed by atoms with Crippen LogP contribution < -0.4 is 0 Å². The Kier molecular flexibility index (Phi) is 3.72. The lowest BCUT2D eigenvalue weighted by molar-refractivity contribution is 0.0825. The summed E-state index contributed by atoms with van der Waals surface area (Å²) in [5.41, 5.74) is 3.46. The van der Waals surface area contributed by atoms with Crippen molar-refractivity contribution in [1.29, 1.82) is 0 Å². The summed E-state index contributed by atoms with van der Waals surface area (Å²) in [6.07, 6.45) is 1.85. The van der Waals surface area contributed by atoms with Gasteiger partial charge in [0.25, 0.3) is 0 Å². The molecule has 3 nitrogen and oxygen atoms in total. The van der Waals surface area contributed by atoms with E-state index in [0.717, 1.165) is 22.0 Å². The number of rotatable bonds is 3. The molecule has 1 unspecified atom stereocenters. The van der Waals surface area contributed by atoms with Crippen molar-refractivity contribution in [2.24, 2.45) is 5.92 Å². The van der Waals surface area contributed by atoms with E-state index in [-0.39, 0.29) is 17.4 Å². The Morgan fingerprint density at radius 2 is 1.39 bits per heavy atom. The molecule has 1 heterocycles. The highest BCUT2D eigenvalue weighted by Gasteiger charge is 2.44. The average molecular weight is 369 g/mol. The molecular weight excluding hydrogens is 353 g/mol. The van der Waals surface area contributed by atoms with Crippen LogP contribution in [0.3, 0.4) is 0 Å². The van der Waals surface area contributed by atoms with Gasteiger partial charge < -0.3 is 4.98 Å². The van der Waals surface area contributed by atoms with Crippen molar-refractivity contribution in [1.82, 2.24) is 4.98 Å². The minimum Gasteiger partial charge on any atom is -0.361 e. The first-order valence-corrected chi connectivity index (χ1v) is 9.14. The summed E-state index contributed by atoms with van der Waals surface area (Å²) in [5, 5.41) is 0.952. The van der Waals surface area contributed by atoms with Gasteiger partial charge in [0, 0.05) is 34.1 Å². The standard InChI is InChI=1S/C24H16FNO2/c25-15-11-9-14(10-12-15)21(19-13-26-20-8-4-3-5-16(19)20)22-23(27)17-6-1-2-7-18(17)24(22)28/h1-13,21-22,26H. The molecule has 0 bridgehead atoms. The number of benzene rings is 3. The van der Waals surface area contributed by atoms with E-state index in [1.165, 1.54) is 12.1 Å². The van der Waals surface area contributed by atoms with E-state index >= 15 is 0 Å². The minimum atomic E-state index is -0.859. The second-order valence-corrected chi connectivity index (χ2v) is 7.07. The normalized spacial score (nSPS) is 15.2. The number of halogens is 1.